The third-order valence-electron chi connectivity index (χ3n) is 4.67. The molecule has 0 saturated heterocycles. The van der Waals surface area contributed by atoms with Gasteiger partial charge < -0.3 is 15.2 Å². The normalized spacial score (nSPS) is 11.7. The molecule has 162 valence electrons. The molecule has 0 spiro atoms. The molecule has 0 unspecified atom stereocenters. The van der Waals surface area contributed by atoms with Crippen molar-refractivity contribution in [3.8, 4) is 0 Å². The summed E-state index contributed by atoms with van der Waals surface area (Å²) in [6.45, 7) is 6.23. The molecule has 3 aromatic rings. The van der Waals surface area contributed by atoms with Crippen molar-refractivity contribution in [2.24, 2.45) is 0 Å². The molecule has 0 fully saturated rings. The molecule has 1 atom stereocenters. The fraction of sp³-hybridized carbons (Fsp3) is 0.273. The van der Waals surface area contributed by atoms with E-state index in [1.54, 1.807) is 18.2 Å². The summed E-state index contributed by atoms with van der Waals surface area (Å²) in [4.78, 5) is 24.8. The second-order valence-electron chi connectivity index (χ2n) is 6.91. The Morgan fingerprint density at radius 2 is 1.84 bits per heavy atom. The SMILES string of the molecule is CCn1c(SCC(=O)Nc2ccccc2F)nnc1[C@@H](C)NC(=O)c1ccccc1C. The Hall–Kier alpha value is -3.20. The number of amides is 2. The van der Waals surface area contributed by atoms with E-state index < -0.39 is 5.82 Å². The molecule has 2 N–H and O–H groups in total. The van der Waals surface area contributed by atoms with E-state index in [0.717, 1.165) is 5.56 Å². The third kappa shape index (κ3) is 5.49. The molecule has 0 bridgehead atoms. The highest BCUT2D eigenvalue weighted by molar-refractivity contribution is 7.99. The number of anilines is 1. The van der Waals surface area contributed by atoms with Crippen molar-refractivity contribution >= 4 is 29.3 Å². The monoisotopic (exact) mass is 441 g/mol. The summed E-state index contributed by atoms with van der Waals surface area (Å²) < 4.78 is 15.5. The minimum absolute atomic E-state index is 0.0520. The van der Waals surface area contributed by atoms with Gasteiger partial charge in [0.05, 0.1) is 17.5 Å². The molecule has 0 aliphatic rings. The summed E-state index contributed by atoms with van der Waals surface area (Å²) >= 11 is 1.20. The Kier molecular flexibility index (Phi) is 7.41. The first-order chi connectivity index (χ1) is 14.9. The third-order valence-corrected chi connectivity index (χ3v) is 5.63. The number of para-hydroxylation sites is 1. The smallest absolute Gasteiger partial charge is 0.252 e. The van der Waals surface area contributed by atoms with Crippen LogP contribution in [0.5, 0.6) is 0 Å². The summed E-state index contributed by atoms with van der Waals surface area (Å²) in [5.74, 6) is -0.367. The Morgan fingerprint density at radius 1 is 1.13 bits per heavy atom. The second kappa shape index (κ2) is 10.2. The van der Waals surface area contributed by atoms with Gasteiger partial charge in [0.1, 0.15) is 5.82 Å². The molecule has 2 amide bonds. The average Bonchev–Trinajstić information content (AvgIpc) is 3.17. The van der Waals surface area contributed by atoms with E-state index in [0.29, 0.717) is 23.1 Å². The van der Waals surface area contributed by atoms with Gasteiger partial charge in [0.15, 0.2) is 11.0 Å². The van der Waals surface area contributed by atoms with Crippen LogP contribution in [0.1, 0.15) is 41.6 Å². The van der Waals surface area contributed by atoms with Crippen LogP contribution in [0.2, 0.25) is 0 Å². The minimum Gasteiger partial charge on any atom is -0.342 e. The Morgan fingerprint density at radius 3 is 2.55 bits per heavy atom. The lowest BCUT2D eigenvalue weighted by Crippen LogP contribution is -2.29. The number of carbonyl (C=O) groups is 2. The van der Waals surface area contributed by atoms with E-state index in [-0.39, 0.29) is 29.3 Å². The van der Waals surface area contributed by atoms with Crippen LogP contribution < -0.4 is 10.6 Å². The van der Waals surface area contributed by atoms with E-state index in [1.165, 1.54) is 23.9 Å². The fourth-order valence-corrected chi connectivity index (χ4v) is 3.88. The lowest BCUT2D eigenvalue weighted by Gasteiger charge is -2.16. The molecule has 1 aromatic heterocycles. The Bertz CT molecular complexity index is 1090. The molecule has 0 aliphatic heterocycles. The Labute approximate surface area is 184 Å². The molecule has 3 rings (SSSR count). The number of carbonyl (C=O) groups excluding carboxylic acids is 2. The first kappa shape index (κ1) is 22.5. The van der Waals surface area contributed by atoms with Crippen LogP contribution >= 0.6 is 11.8 Å². The summed E-state index contributed by atoms with van der Waals surface area (Å²) in [5.41, 5.74) is 1.64. The summed E-state index contributed by atoms with van der Waals surface area (Å²) in [6.07, 6.45) is 0. The summed E-state index contributed by atoms with van der Waals surface area (Å²) in [7, 11) is 0. The predicted octanol–water partition coefficient (Wildman–Crippen LogP) is 3.97. The quantitative estimate of drug-likeness (QED) is 0.517. The first-order valence-electron chi connectivity index (χ1n) is 9.87. The van der Waals surface area contributed by atoms with E-state index in [1.807, 2.05) is 43.5 Å². The molecular formula is C22H24FN5O2S. The second-order valence-corrected chi connectivity index (χ2v) is 7.85. The van der Waals surface area contributed by atoms with Gasteiger partial charge in [-0.1, -0.05) is 42.1 Å². The van der Waals surface area contributed by atoms with Crippen LogP contribution in [0.4, 0.5) is 10.1 Å². The van der Waals surface area contributed by atoms with Crippen molar-refractivity contribution in [2.45, 2.75) is 38.5 Å². The largest absolute Gasteiger partial charge is 0.342 e. The van der Waals surface area contributed by atoms with Gasteiger partial charge in [-0.3, -0.25) is 9.59 Å². The van der Waals surface area contributed by atoms with Gasteiger partial charge in [-0.25, -0.2) is 4.39 Å². The molecule has 9 heteroatoms. The van der Waals surface area contributed by atoms with Crippen LogP contribution in [-0.2, 0) is 11.3 Å². The lowest BCUT2D eigenvalue weighted by molar-refractivity contribution is -0.113. The molecule has 2 aromatic carbocycles. The lowest BCUT2D eigenvalue weighted by atomic mass is 10.1. The number of thioether (sulfide) groups is 1. The number of nitrogens with one attached hydrogen (secondary N) is 2. The highest BCUT2D eigenvalue weighted by Crippen LogP contribution is 2.22. The van der Waals surface area contributed by atoms with E-state index in [2.05, 4.69) is 20.8 Å². The van der Waals surface area contributed by atoms with E-state index >= 15 is 0 Å². The van der Waals surface area contributed by atoms with Gasteiger partial charge in [-0.15, -0.1) is 10.2 Å². The van der Waals surface area contributed by atoms with Crippen LogP contribution in [-0.4, -0.2) is 32.3 Å². The number of rotatable bonds is 8. The minimum atomic E-state index is -0.488. The number of aryl methyl sites for hydroxylation is 1. The zero-order valence-electron chi connectivity index (χ0n) is 17.6. The standard InChI is InChI=1S/C22H24FN5O2S/c1-4-28-20(15(3)24-21(30)16-10-6-5-9-14(16)2)26-27-22(28)31-13-19(29)25-18-12-8-7-11-17(18)23/h5-12,15H,4,13H2,1-3H3,(H,24,30)(H,25,29)/t15-/m1/s1. The zero-order chi connectivity index (χ0) is 22.4. The number of nitrogens with zero attached hydrogens (tertiary/aromatic N) is 3. The van der Waals surface area contributed by atoms with Crippen LogP contribution in [0.3, 0.4) is 0 Å². The molecule has 0 aliphatic carbocycles. The maximum atomic E-state index is 13.7. The van der Waals surface area contributed by atoms with E-state index in [9.17, 15) is 14.0 Å². The topological polar surface area (TPSA) is 88.9 Å². The Balaban J connectivity index is 1.64. The van der Waals surface area contributed by atoms with Crippen molar-refractivity contribution in [1.29, 1.82) is 0 Å². The first-order valence-corrected chi connectivity index (χ1v) is 10.9. The maximum Gasteiger partial charge on any atom is 0.252 e. The highest BCUT2D eigenvalue weighted by Gasteiger charge is 2.21. The molecule has 1 heterocycles. The maximum absolute atomic E-state index is 13.7. The molecule has 7 nitrogen and oxygen atoms in total. The van der Waals surface area contributed by atoms with Crippen molar-refractivity contribution in [3.63, 3.8) is 0 Å². The van der Waals surface area contributed by atoms with E-state index in [4.69, 9.17) is 0 Å². The van der Waals surface area contributed by atoms with Crippen molar-refractivity contribution in [1.82, 2.24) is 20.1 Å². The molecule has 0 radical (unpaired) electrons. The number of aromatic nitrogens is 3. The number of hydrogen-bond acceptors (Lipinski definition) is 5. The van der Waals surface area contributed by atoms with Crippen molar-refractivity contribution in [3.05, 3.63) is 71.3 Å². The van der Waals surface area contributed by atoms with Gasteiger partial charge in [0.2, 0.25) is 5.91 Å². The molecular weight excluding hydrogens is 417 g/mol. The van der Waals surface area contributed by atoms with Gasteiger partial charge in [-0.2, -0.15) is 0 Å². The molecule has 31 heavy (non-hydrogen) atoms. The summed E-state index contributed by atoms with van der Waals surface area (Å²) in [5, 5.41) is 14.4. The van der Waals surface area contributed by atoms with Gasteiger partial charge in [0, 0.05) is 12.1 Å². The zero-order valence-corrected chi connectivity index (χ0v) is 18.4. The average molecular weight is 442 g/mol. The van der Waals surface area contributed by atoms with Crippen molar-refractivity contribution in [2.75, 3.05) is 11.1 Å². The van der Waals surface area contributed by atoms with Gasteiger partial charge in [-0.05, 0) is 44.5 Å². The highest BCUT2D eigenvalue weighted by atomic mass is 32.2. The number of benzene rings is 2. The van der Waals surface area contributed by atoms with Crippen LogP contribution in [0, 0.1) is 12.7 Å². The summed E-state index contributed by atoms with van der Waals surface area (Å²) in [6, 6.07) is 13.0. The van der Waals surface area contributed by atoms with Crippen molar-refractivity contribution < 1.29 is 14.0 Å². The van der Waals surface area contributed by atoms with Crippen LogP contribution in [0.15, 0.2) is 53.7 Å². The molecule has 0 saturated carbocycles. The fourth-order valence-electron chi connectivity index (χ4n) is 3.07. The van der Waals surface area contributed by atoms with Crippen LogP contribution in [0.25, 0.3) is 0 Å². The van der Waals surface area contributed by atoms with Gasteiger partial charge in [0.25, 0.3) is 5.91 Å². The van der Waals surface area contributed by atoms with Gasteiger partial charge >= 0.3 is 0 Å². The number of halogens is 1. The number of hydrogen-bond donors (Lipinski definition) is 2. The predicted molar refractivity (Wildman–Crippen MR) is 119 cm³/mol.